The van der Waals surface area contributed by atoms with Crippen LogP contribution in [0, 0.1) is 0 Å². The monoisotopic (exact) mass is 403 g/mol. The van der Waals surface area contributed by atoms with E-state index in [0.29, 0.717) is 12.8 Å². The highest BCUT2D eigenvalue weighted by molar-refractivity contribution is 8.13. The zero-order chi connectivity index (χ0) is 19.8. The van der Waals surface area contributed by atoms with E-state index in [4.69, 9.17) is 36.0 Å². The van der Waals surface area contributed by atoms with Gasteiger partial charge in [0.15, 0.2) is 5.78 Å². The number of Topliss-reactive ketones (excluding diaryl/α,β-unsaturated/α-hetero) is 1. The van der Waals surface area contributed by atoms with Crippen LogP contribution >= 0.6 is 11.8 Å². The van der Waals surface area contributed by atoms with E-state index in [9.17, 15) is 9.59 Å². The van der Waals surface area contributed by atoms with Crippen LogP contribution in [0.4, 0.5) is 4.79 Å². The number of rotatable bonds is 16. The summed E-state index contributed by atoms with van der Waals surface area (Å²) in [6, 6.07) is -0.841. The maximum atomic E-state index is 11.7. The molecule has 1 unspecified atom stereocenters. The third-order valence-electron chi connectivity index (χ3n) is 2.69. The highest BCUT2D eigenvalue weighted by atomic mass is 32.2. The number of ketones is 1. The summed E-state index contributed by atoms with van der Waals surface area (Å²) in [5.41, 5.74) is 5.67. The van der Waals surface area contributed by atoms with Gasteiger partial charge < -0.3 is 15.2 Å². The van der Waals surface area contributed by atoms with Gasteiger partial charge in [0.1, 0.15) is 0 Å². The number of thioether (sulfide) groups is 1. The van der Waals surface area contributed by atoms with Crippen molar-refractivity contribution in [2.24, 2.45) is 5.73 Å². The molecule has 0 aromatic carbocycles. The van der Waals surface area contributed by atoms with Gasteiger partial charge in [-0.3, -0.25) is 30.5 Å². The second kappa shape index (κ2) is 16.3. The number of hydrogen-bond acceptors (Lipinski definition) is 14. The summed E-state index contributed by atoms with van der Waals surface area (Å²) < 4.78 is 9.94. The predicted molar refractivity (Wildman–Crippen MR) is 84.2 cm³/mol. The van der Waals surface area contributed by atoms with Crippen molar-refractivity contribution in [3.8, 4) is 0 Å². The zero-order valence-corrected chi connectivity index (χ0v) is 14.9. The van der Waals surface area contributed by atoms with Crippen LogP contribution in [-0.4, -0.2) is 87.5 Å². The fraction of sp³-hybridized carbons (Fsp3) is 0.833. The van der Waals surface area contributed by atoms with Crippen molar-refractivity contribution in [1.29, 1.82) is 0 Å². The van der Waals surface area contributed by atoms with Crippen LogP contribution in [0.2, 0.25) is 0 Å². The molecule has 6 N–H and O–H groups in total. The largest absolute Gasteiger partial charge is 0.458 e. The molecule has 0 aliphatic heterocycles. The molecular formula is C12H25N3O10S. The van der Waals surface area contributed by atoms with Crippen LogP contribution in [0.5, 0.6) is 0 Å². The lowest BCUT2D eigenvalue weighted by Gasteiger charge is -2.11. The Labute approximate surface area is 153 Å². The van der Waals surface area contributed by atoms with Gasteiger partial charge in [-0.15, -0.1) is 0 Å². The van der Waals surface area contributed by atoms with E-state index in [1.54, 1.807) is 0 Å². The lowest BCUT2D eigenvalue weighted by Crippen LogP contribution is -2.34. The third kappa shape index (κ3) is 16.6. The van der Waals surface area contributed by atoms with Gasteiger partial charge >= 0.3 is 5.30 Å². The minimum absolute atomic E-state index is 0.0471. The molecule has 14 heteroatoms. The predicted octanol–water partition coefficient (Wildman–Crippen LogP) is -0.0365. The number of nitrogens with two attached hydrogens (primary N) is 1. The number of carbonyl (C=O) groups is 2. The Morgan fingerprint density at radius 3 is 2.19 bits per heavy atom. The summed E-state index contributed by atoms with van der Waals surface area (Å²) in [5.74, 6) is -0.218. The van der Waals surface area contributed by atoms with Crippen LogP contribution in [0.25, 0.3) is 0 Å². The molecule has 13 nitrogen and oxygen atoms in total. The molecule has 0 aromatic rings. The Hall–Kier alpha value is -0.910. The van der Waals surface area contributed by atoms with Crippen LogP contribution in [0.3, 0.4) is 0 Å². The highest BCUT2D eigenvalue weighted by Gasteiger charge is 2.16. The van der Waals surface area contributed by atoms with Gasteiger partial charge in [0.2, 0.25) is 0 Å². The Morgan fingerprint density at radius 1 is 0.923 bits per heavy atom. The van der Waals surface area contributed by atoms with Gasteiger partial charge in [-0.1, -0.05) is 0 Å². The summed E-state index contributed by atoms with van der Waals surface area (Å²) in [6.07, 6.45) is 0.967. The zero-order valence-electron chi connectivity index (χ0n) is 14.1. The van der Waals surface area contributed by atoms with E-state index in [1.165, 1.54) is 0 Å². The molecule has 0 heterocycles. The molecule has 26 heavy (non-hydrogen) atoms. The number of nitrogens with zero attached hydrogens (tertiary/aromatic N) is 2. The number of carbonyl (C=O) groups excluding carboxylic acids is 2. The lowest BCUT2D eigenvalue weighted by atomic mass is 10.2. The highest BCUT2D eigenvalue weighted by Crippen LogP contribution is 2.09. The molecule has 0 bridgehead atoms. The molecule has 154 valence electrons. The first-order valence-corrected chi connectivity index (χ1v) is 8.58. The van der Waals surface area contributed by atoms with E-state index in [2.05, 4.69) is 9.68 Å². The molecule has 0 rings (SSSR count). The fourth-order valence-corrected chi connectivity index (χ4v) is 2.10. The number of ether oxygens (including phenoxy) is 2. The second-order valence-electron chi connectivity index (χ2n) is 4.72. The van der Waals surface area contributed by atoms with Gasteiger partial charge in [0.05, 0.1) is 49.9 Å². The van der Waals surface area contributed by atoms with Crippen molar-refractivity contribution in [2.75, 3.05) is 38.8 Å². The summed E-state index contributed by atoms with van der Waals surface area (Å²) in [5, 5.41) is 31.7. The molecule has 0 aliphatic rings. The number of hydrogen-bond donors (Lipinski definition) is 5. The van der Waals surface area contributed by atoms with Crippen molar-refractivity contribution in [2.45, 2.75) is 25.3 Å². The molecule has 0 saturated heterocycles. The van der Waals surface area contributed by atoms with E-state index < -0.39 is 22.1 Å². The minimum Gasteiger partial charge on any atom is -0.458 e. The summed E-state index contributed by atoms with van der Waals surface area (Å²) in [4.78, 5) is 31.8. The average Bonchev–Trinajstić information content (AvgIpc) is 2.58. The first-order valence-electron chi connectivity index (χ1n) is 7.60. The lowest BCUT2D eigenvalue weighted by molar-refractivity contribution is -0.493. The van der Waals surface area contributed by atoms with Gasteiger partial charge in [-0.05, 0) is 24.6 Å². The molecule has 0 fully saturated rings. The van der Waals surface area contributed by atoms with Crippen LogP contribution < -0.4 is 5.73 Å². The Bertz CT molecular complexity index is 388. The maximum Gasteiger partial charge on any atom is 0.367 e. The van der Waals surface area contributed by atoms with Crippen molar-refractivity contribution < 1.29 is 49.6 Å². The Kier molecular flexibility index (Phi) is 15.7. The van der Waals surface area contributed by atoms with Crippen molar-refractivity contribution in [3.63, 3.8) is 0 Å². The molecule has 0 radical (unpaired) electrons. The molecule has 0 saturated carbocycles. The van der Waals surface area contributed by atoms with E-state index >= 15 is 0 Å². The third-order valence-corrected chi connectivity index (χ3v) is 3.57. The van der Waals surface area contributed by atoms with Crippen molar-refractivity contribution in [3.05, 3.63) is 0 Å². The normalized spacial score (nSPS) is 12.6. The molecule has 0 aliphatic carbocycles. The minimum atomic E-state index is -0.841. The van der Waals surface area contributed by atoms with Crippen molar-refractivity contribution in [1.82, 2.24) is 10.8 Å². The molecular weight excluding hydrogens is 378 g/mol. The smallest absolute Gasteiger partial charge is 0.367 e. The maximum absolute atomic E-state index is 11.7. The first-order chi connectivity index (χ1) is 12.3. The summed E-state index contributed by atoms with van der Waals surface area (Å²) in [7, 11) is 0. The van der Waals surface area contributed by atoms with Gasteiger partial charge in [0.25, 0.3) is 0 Å². The molecule has 0 amide bonds. The van der Waals surface area contributed by atoms with Gasteiger partial charge in [-0.25, -0.2) is 9.63 Å². The fourth-order valence-electron chi connectivity index (χ4n) is 1.44. The first kappa shape index (κ1) is 25.1. The SMILES string of the molecule is NC(CSC(=O)OCCCCON(O)O)C(=O)CCOCCON(O)O. The molecule has 0 spiro atoms. The van der Waals surface area contributed by atoms with Gasteiger partial charge in [-0.2, -0.15) is 0 Å². The van der Waals surface area contributed by atoms with E-state index in [1.807, 2.05) is 0 Å². The topological polar surface area (TPSA) is 184 Å². The number of unbranched alkanes of at least 4 members (excludes halogenated alkanes) is 1. The van der Waals surface area contributed by atoms with Crippen LogP contribution in [-0.2, 0) is 23.9 Å². The van der Waals surface area contributed by atoms with Crippen LogP contribution in [0.1, 0.15) is 19.3 Å². The standard InChI is InChI=1S/C12H25N3O10S/c13-10(11(16)3-6-22-7-8-25-15(20)21)9-26-12(17)23-4-1-2-5-24-14(18)19/h10,18-21H,1-9,13H2. The Balaban J connectivity index is 3.58. The Morgan fingerprint density at radius 2 is 1.54 bits per heavy atom. The molecule has 1 atom stereocenters. The summed E-state index contributed by atoms with van der Waals surface area (Å²) in [6.45, 7) is 0.233. The van der Waals surface area contributed by atoms with E-state index in [0.717, 1.165) is 11.8 Å². The quantitative estimate of drug-likeness (QED) is 0.131. The second-order valence-corrected chi connectivity index (χ2v) is 5.68. The summed E-state index contributed by atoms with van der Waals surface area (Å²) >= 11 is 0.784. The van der Waals surface area contributed by atoms with Crippen LogP contribution in [0.15, 0.2) is 0 Å². The molecule has 0 aromatic heterocycles. The van der Waals surface area contributed by atoms with Crippen molar-refractivity contribution >= 4 is 22.8 Å². The van der Waals surface area contributed by atoms with E-state index in [-0.39, 0.29) is 51.0 Å². The average molecular weight is 403 g/mol. The van der Waals surface area contributed by atoms with Gasteiger partial charge in [0, 0.05) is 12.2 Å².